The van der Waals surface area contributed by atoms with Crippen molar-refractivity contribution < 1.29 is 13.5 Å². The summed E-state index contributed by atoms with van der Waals surface area (Å²) < 4.78 is 26.1. The number of piperidine rings is 1. The summed E-state index contributed by atoms with van der Waals surface area (Å²) in [5.41, 5.74) is 2.45. The Kier molecular flexibility index (Phi) is 5.52. The molecular formula is C26H24FN5O4. The Morgan fingerprint density at radius 2 is 1.97 bits per heavy atom. The van der Waals surface area contributed by atoms with Crippen molar-refractivity contribution in [3.05, 3.63) is 74.9 Å². The number of halogens is 1. The van der Waals surface area contributed by atoms with Gasteiger partial charge in [0.05, 0.1) is 24.2 Å². The standard InChI is InChI=1S/C26H24FN5O4/c1-35-22-5-3-20-25(30-22)32(23(33)14-28-20)17-7-10-31(11-8-17)9-6-16-13-19-24(29-16)18-12-15(27)2-4-21(18)36-26(19)34/h2-5,12-14,17,29H,6-11H2,1H3. The molecule has 9 nitrogen and oxygen atoms in total. The van der Waals surface area contributed by atoms with Crippen LogP contribution in [0.1, 0.15) is 24.6 Å². The van der Waals surface area contributed by atoms with Gasteiger partial charge in [0, 0.05) is 49.2 Å². The first kappa shape index (κ1) is 22.4. The number of fused-ring (bicyclic) bond motifs is 4. The van der Waals surface area contributed by atoms with Gasteiger partial charge in [0.15, 0.2) is 5.65 Å². The van der Waals surface area contributed by atoms with Crippen LogP contribution in [0.3, 0.4) is 0 Å². The van der Waals surface area contributed by atoms with Crippen LogP contribution in [0, 0.1) is 5.82 Å². The third-order valence-electron chi connectivity index (χ3n) is 6.94. The Balaban J connectivity index is 1.18. The van der Waals surface area contributed by atoms with Gasteiger partial charge in [-0.15, -0.1) is 0 Å². The van der Waals surface area contributed by atoms with E-state index in [1.54, 1.807) is 23.8 Å². The molecule has 5 heterocycles. The van der Waals surface area contributed by atoms with Crippen molar-refractivity contribution in [2.45, 2.75) is 25.3 Å². The molecule has 1 aromatic carbocycles. The topological polar surface area (TPSA) is 106 Å². The molecule has 1 aliphatic heterocycles. The van der Waals surface area contributed by atoms with Crippen LogP contribution in [0.4, 0.5) is 4.39 Å². The van der Waals surface area contributed by atoms with E-state index in [4.69, 9.17) is 9.15 Å². The first-order valence-electron chi connectivity index (χ1n) is 11.9. The van der Waals surface area contributed by atoms with E-state index in [-0.39, 0.29) is 17.4 Å². The van der Waals surface area contributed by atoms with E-state index in [2.05, 4.69) is 19.9 Å². The number of nitrogens with one attached hydrogen (secondary N) is 1. The van der Waals surface area contributed by atoms with Crippen molar-refractivity contribution in [1.29, 1.82) is 0 Å². The molecule has 36 heavy (non-hydrogen) atoms. The summed E-state index contributed by atoms with van der Waals surface area (Å²) in [7, 11) is 1.55. The highest BCUT2D eigenvalue weighted by atomic mass is 19.1. The van der Waals surface area contributed by atoms with Gasteiger partial charge in [0.1, 0.15) is 16.9 Å². The van der Waals surface area contributed by atoms with Gasteiger partial charge in [0.2, 0.25) is 5.88 Å². The minimum atomic E-state index is -0.437. The second kappa shape index (κ2) is 8.87. The molecule has 6 rings (SSSR count). The number of ether oxygens (including phenoxy) is 1. The molecule has 0 spiro atoms. The fourth-order valence-electron chi connectivity index (χ4n) is 5.10. The Labute approximate surface area is 204 Å². The van der Waals surface area contributed by atoms with Crippen molar-refractivity contribution in [1.82, 2.24) is 24.4 Å². The number of hydrogen-bond acceptors (Lipinski definition) is 7. The van der Waals surface area contributed by atoms with Crippen LogP contribution in [-0.2, 0) is 6.42 Å². The summed E-state index contributed by atoms with van der Waals surface area (Å²) in [5.74, 6) is 0.0652. The fraction of sp³-hybridized carbons (Fsp3) is 0.308. The normalized spacial score (nSPS) is 15.3. The predicted octanol–water partition coefficient (Wildman–Crippen LogP) is 3.41. The van der Waals surface area contributed by atoms with Gasteiger partial charge in [-0.25, -0.2) is 14.2 Å². The highest BCUT2D eigenvalue weighted by Gasteiger charge is 2.24. The molecule has 4 aromatic heterocycles. The van der Waals surface area contributed by atoms with Crippen LogP contribution in [0.15, 0.2) is 56.6 Å². The van der Waals surface area contributed by atoms with Crippen LogP contribution in [-0.4, -0.2) is 51.2 Å². The molecule has 1 N–H and O–H groups in total. The second-order valence-corrected chi connectivity index (χ2v) is 9.10. The SMILES string of the molecule is COc1ccc2ncc(=O)n(C3CCN(CCc4cc5c(=O)oc6ccc(F)cc6c5[nH]4)CC3)c2n1. The van der Waals surface area contributed by atoms with Crippen molar-refractivity contribution >= 4 is 33.0 Å². The Morgan fingerprint density at radius 1 is 1.14 bits per heavy atom. The van der Waals surface area contributed by atoms with E-state index in [9.17, 15) is 14.0 Å². The fourth-order valence-corrected chi connectivity index (χ4v) is 5.10. The molecule has 10 heteroatoms. The third-order valence-corrected chi connectivity index (χ3v) is 6.94. The van der Waals surface area contributed by atoms with Gasteiger partial charge in [-0.3, -0.25) is 9.36 Å². The summed E-state index contributed by atoms with van der Waals surface area (Å²) in [5, 5.41) is 0.977. The zero-order valence-electron chi connectivity index (χ0n) is 19.7. The van der Waals surface area contributed by atoms with E-state index in [0.717, 1.165) is 38.2 Å². The molecule has 1 saturated heterocycles. The maximum Gasteiger partial charge on any atom is 0.345 e. The maximum absolute atomic E-state index is 13.8. The molecule has 5 aromatic rings. The van der Waals surface area contributed by atoms with Crippen LogP contribution in [0.25, 0.3) is 33.0 Å². The number of hydrogen-bond donors (Lipinski definition) is 1. The van der Waals surface area contributed by atoms with E-state index < -0.39 is 5.63 Å². The Morgan fingerprint density at radius 3 is 2.78 bits per heavy atom. The summed E-state index contributed by atoms with van der Waals surface area (Å²) in [6.45, 7) is 2.43. The maximum atomic E-state index is 13.8. The predicted molar refractivity (Wildman–Crippen MR) is 133 cm³/mol. The average molecular weight is 490 g/mol. The van der Waals surface area contributed by atoms with E-state index in [1.807, 2.05) is 6.07 Å². The Hall–Kier alpha value is -4.05. The number of aromatic amines is 1. The minimum Gasteiger partial charge on any atom is -0.481 e. The van der Waals surface area contributed by atoms with Gasteiger partial charge in [-0.05, 0) is 43.2 Å². The van der Waals surface area contributed by atoms with E-state index in [0.29, 0.717) is 45.3 Å². The smallest absolute Gasteiger partial charge is 0.345 e. The van der Waals surface area contributed by atoms with Gasteiger partial charge in [-0.1, -0.05) is 0 Å². The molecule has 0 bridgehead atoms. The third kappa shape index (κ3) is 3.93. The number of rotatable bonds is 5. The molecule has 1 fully saturated rings. The molecule has 0 amide bonds. The lowest BCUT2D eigenvalue weighted by molar-refractivity contribution is 0.188. The lowest BCUT2D eigenvalue weighted by Crippen LogP contribution is -2.38. The summed E-state index contributed by atoms with van der Waals surface area (Å²) in [6.07, 6.45) is 3.66. The molecule has 0 aliphatic carbocycles. The lowest BCUT2D eigenvalue weighted by Gasteiger charge is -2.33. The summed E-state index contributed by atoms with van der Waals surface area (Å²) in [4.78, 5) is 39.4. The molecule has 0 unspecified atom stereocenters. The van der Waals surface area contributed by atoms with Crippen LogP contribution in [0.5, 0.6) is 5.88 Å². The number of likely N-dealkylation sites (tertiary alicyclic amines) is 1. The van der Waals surface area contributed by atoms with E-state index in [1.165, 1.54) is 24.4 Å². The summed E-state index contributed by atoms with van der Waals surface area (Å²) in [6, 6.07) is 9.49. The van der Waals surface area contributed by atoms with Crippen molar-refractivity contribution in [2.24, 2.45) is 0 Å². The van der Waals surface area contributed by atoms with E-state index >= 15 is 0 Å². The number of nitrogens with zero attached hydrogens (tertiary/aromatic N) is 4. The first-order valence-corrected chi connectivity index (χ1v) is 11.9. The zero-order valence-corrected chi connectivity index (χ0v) is 19.7. The summed E-state index contributed by atoms with van der Waals surface area (Å²) >= 11 is 0. The average Bonchev–Trinajstić information content (AvgIpc) is 3.33. The minimum absolute atomic E-state index is 0.0258. The van der Waals surface area contributed by atoms with Gasteiger partial charge < -0.3 is 19.0 Å². The van der Waals surface area contributed by atoms with Gasteiger partial charge in [0.25, 0.3) is 5.56 Å². The molecule has 0 saturated carbocycles. The molecule has 1 aliphatic rings. The van der Waals surface area contributed by atoms with Crippen molar-refractivity contribution in [3.8, 4) is 5.88 Å². The number of methoxy groups -OCH3 is 1. The quantitative estimate of drug-likeness (QED) is 0.377. The molecular weight excluding hydrogens is 465 g/mol. The molecule has 0 radical (unpaired) electrons. The van der Waals surface area contributed by atoms with Crippen molar-refractivity contribution in [2.75, 3.05) is 26.7 Å². The molecule has 184 valence electrons. The monoisotopic (exact) mass is 489 g/mol. The van der Waals surface area contributed by atoms with Crippen LogP contribution >= 0.6 is 0 Å². The van der Waals surface area contributed by atoms with Gasteiger partial charge >= 0.3 is 5.63 Å². The number of benzene rings is 1. The van der Waals surface area contributed by atoms with Crippen LogP contribution < -0.4 is 15.9 Å². The van der Waals surface area contributed by atoms with Crippen molar-refractivity contribution in [3.63, 3.8) is 0 Å². The Bertz CT molecular complexity index is 1720. The zero-order chi connectivity index (χ0) is 24.8. The number of aromatic nitrogens is 4. The number of H-pyrrole nitrogens is 1. The highest BCUT2D eigenvalue weighted by Crippen LogP contribution is 2.26. The van der Waals surface area contributed by atoms with Gasteiger partial charge in [-0.2, -0.15) is 4.98 Å². The second-order valence-electron chi connectivity index (χ2n) is 9.10. The lowest BCUT2D eigenvalue weighted by atomic mass is 10.0. The first-order chi connectivity index (χ1) is 17.5. The van der Waals surface area contributed by atoms with Crippen LogP contribution in [0.2, 0.25) is 0 Å². The molecule has 0 atom stereocenters. The highest BCUT2D eigenvalue weighted by molar-refractivity contribution is 6.02. The number of pyridine rings is 1. The largest absolute Gasteiger partial charge is 0.481 e.